The van der Waals surface area contributed by atoms with Crippen LogP contribution in [0.1, 0.15) is 11.1 Å². The Bertz CT molecular complexity index is 739. The minimum absolute atomic E-state index is 0.0713. The van der Waals surface area contributed by atoms with E-state index in [-0.39, 0.29) is 5.56 Å². The van der Waals surface area contributed by atoms with Crippen molar-refractivity contribution in [2.75, 3.05) is 5.32 Å². The first-order valence-corrected chi connectivity index (χ1v) is 7.07. The maximum atomic E-state index is 13.2. The molecule has 0 radical (unpaired) electrons. The van der Waals surface area contributed by atoms with Crippen LogP contribution >= 0.6 is 11.6 Å². The first kappa shape index (κ1) is 17.1. The van der Waals surface area contributed by atoms with Crippen LogP contribution in [0.2, 0.25) is 5.02 Å². The highest BCUT2D eigenvalue weighted by Crippen LogP contribution is 2.33. The summed E-state index contributed by atoms with van der Waals surface area (Å²) in [5.41, 5.74) is -0.120. The second-order valence-corrected chi connectivity index (χ2v) is 5.23. The highest BCUT2D eigenvalue weighted by molar-refractivity contribution is 6.31. The van der Waals surface area contributed by atoms with Crippen molar-refractivity contribution in [2.45, 2.75) is 13.1 Å². The lowest BCUT2D eigenvalue weighted by molar-refractivity contribution is -0.112. The van der Waals surface area contributed by atoms with E-state index in [4.69, 9.17) is 11.6 Å². The third-order valence-electron chi connectivity index (χ3n) is 3.19. The largest absolute Gasteiger partial charge is 0.417 e. The molecule has 2 aromatic rings. The predicted molar refractivity (Wildman–Crippen MR) is 85.3 cm³/mol. The van der Waals surface area contributed by atoms with Crippen molar-refractivity contribution in [3.63, 3.8) is 0 Å². The molecule has 2 nitrogen and oxygen atoms in total. The Morgan fingerprint density at radius 3 is 2.35 bits per heavy atom. The van der Waals surface area contributed by atoms with Crippen molar-refractivity contribution in [3.05, 3.63) is 70.8 Å². The molecule has 23 heavy (non-hydrogen) atoms. The molecule has 120 valence electrons. The fraction of sp³-hybridized carbons (Fsp3) is 0.118. The van der Waals surface area contributed by atoms with Gasteiger partial charge in [0, 0.05) is 16.8 Å². The molecule has 0 aliphatic heterocycles. The van der Waals surface area contributed by atoms with Crippen LogP contribution in [0.25, 0.3) is 5.57 Å². The van der Waals surface area contributed by atoms with Gasteiger partial charge in [-0.15, -0.1) is 0 Å². The molecule has 0 aliphatic rings. The fourth-order valence-corrected chi connectivity index (χ4v) is 2.16. The van der Waals surface area contributed by atoms with Crippen LogP contribution < -0.4 is 5.32 Å². The molecule has 2 aromatic carbocycles. The Balaban J connectivity index is 2.33. The number of allylic oxidation sites excluding steroid dienone is 1. The van der Waals surface area contributed by atoms with Gasteiger partial charge >= 0.3 is 6.18 Å². The number of anilines is 1. The maximum absolute atomic E-state index is 13.2. The summed E-state index contributed by atoms with van der Waals surface area (Å²) in [7, 11) is 0. The third-order valence-corrected chi connectivity index (χ3v) is 3.60. The van der Waals surface area contributed by atoms with Gasteiger partial charge < -0.3 is 5.32 Å². The van der Waals surface area contributed by atoms with Crippen molar-refractivity contribution in [2.24, 2.45) is 0 Å². The summed E-state index contributed by atoms with van der Waals surface area (Å²) in [6.07, 6.45) is -4.09. The van der Waals surface area contributed by atoms with Crippen LogP contribution in [0.5, 0.6) is 0 Å². The van der Waals surface area contributed by atoms with Crippen LogP contribution in [-0.2, 0) is 4.79 Å². The van der Waals surface area contributed by atoms with Crippen LogP contribution in [0.3, 0.4) is 0 Å². The zero-order chi connectivity index (χ0) is 17.0. The van der Waals surface area contributed by atoms with Gasteiger partial charge in [0.25, 0.3) is 0 Å². The molecular weight excluding hydrogens is 327 g/mol. The van der Waals surface area contributed by atoms with E-state index in [0.717, 1.165) is 0 Å². The maximum Gasteiger partial charge on any atom is 0.417 e. The molecule has 1 amide bonds. The van der Waals surface area contributed by atoms with Crippen molar-refractivity contribution >= 4 is 28.8 Å². The van der Waals surface area contributed by atoms with Gasteiger partial charge in [-0.1, -0.05) is 48.0 Å². The second kappa shape index (κ2) is 6.87. The molecule has 0 saturated heterocycles. The lowest BCUT2D eigenvalue weighted by Gasteiger charge is -2.13. The number of carbonyl (C=O) groups is 1. The van der Waals surface area contributed by atoms with E-state index in [0.29, 0.717) is 22.3 Å². The molecular formula is C17H13ClF3NO. The minimum atomic E-state index is -4.64. The van der Waals surface area contributed by atoms with Crippen molar-refractivity contribution in [3.8, 4) is 0 Å². The minimum Gasteiger partial charge on any atom is -0.322 e. The summed E-state index contributed by atoms with van der Waals surface area (Å²) < 4.78 is 39.5. The van der Waals surface area contributed by atoms with E-state index < -0.39 is 17.7 Å². The van der Waals surface area contributed by atoms with Crippen LogP contribution in [-0.4, -0.2) is 12.1 Å². The first-order valence-electron chi connectivity index (χ1n) is 6.69. The standard InChI is InChI=1S/C17H13ClF3NO/c1-11-14(18)8-5-9-15(11)22-16(23)10-13(17(19,20)21)12-6-3-2-4-7-12/h2-10H,1H3,(H,22,23)/b13-10-. The zero-order valence-electron chi connectivity index (χ0n) is 12.1. The summed E-state index contributed by atoms with van der Waals surface area (Å²) in [5.74, 6) is -0.869. The van der Waals surface area contributed by atoms with E-state index in [1.165, 1.54) is 24.3 Å². The van der Waals surface area contributed by atoms with Gasteiger partial charge in [0.15, 0.2) is 0 Å². The lowest BCUT2D eigenvalue weighted by Crippen LogP contribution is -2.16. The molecule has 6 heteroatoms. The van der Waals surface area contributed by atoms with Crippen molar-refractivity contribution in [1.82, 2.24) is 0 Å². The predicted octanol–water partition coefficient (Wildman–Crippen LogP) is 5.23. The molecule has 0 saturated carbocycles. The highest BCUT2D eigenvalue weighted by Gasteiger charge is 2.35. The number of hydrogen-bond acceptors (Lipinski definition) is 1. The first-order chi connectivity index (χ1) is 10.8. The van der Waals surface area contributed by atoms with Gasteiger partial charge in [0.1, 0.15) is 0 Å². The van der Waals surface area contributed by atoms with Gasteiger partial charge in [-0.25, -0.2) is 0 Å². The number of alkyl halides is 3. The molecule has 0 spiro atoms. The molecule has 0 aliphatic carbocycles. The molecule has 0 unspecified atom stereocenters. The number of carbonyl (C=O) groups excluding carboxylic acids is 1. The molecule has 0 heterocycles. The molecule has 2 rings (SSSR count). The van der Waals surface area contributed by atoms with Crippen molar-refractivity contribution < 1.29 is 18.0 Å². The normalized spacial score (nSPS) is 12.1. The van der Waals surface area contributed by atoms with E-state index >= 15 is 0 Å². The summed E-state index contributed by atoms with van der Waals surface area (Å²) in [6.45, 7) is 1.67. The van der Waals surface area contributed by atoms with Crippen LogP contribution in [0, 0.1) is 6.92 Å². The van der Waals surface area contributed by atoms with Gasteiger partial charge in [-0.3, -0.25) is 4.79 Å². The van der Waals surface area contributed by atoms with E-state index in [9.17, 15) is 18.0 Å². The van der Waals surface area contributed by atoms with Gasteiger partial charge in [0.05, 0.1) is 5.57 Å². The smallest absolute Gasteiger partial charge is 0.322 e. The second-order valence-electron chi connectivity index (χ2n) is 4.82. The van der Waals surface area contributed by atoms with Crippen LogP contribution in [0.15, 0.2) is 54.6 Å². The summed E-state index contributed by atoms with van der Waals surface area (Å²) in [6, 6.07) is 12.0. The third kappa shape index (κ3) is 4.36. The average Bonchev–Trinajstić information content (AvgIpc) is 2.49. The lowest BCUT2D eigenvalue weighted by atomic mass is 10.0. The average molecular weight is 340 g/mol. The molecule has 0 fully saturated rings. The topological polar surface area (TPSA) is 29.1 Å². The van der Waals surface area contributed by atoms with E-state index in [1.54, 1.807) is 31.2 Å². The quantitative estimate of drug-likeness (QED) is 0.762. The molecule has 1 N–H and O–H groups in total. The van der Waals surface area contributed by atoms with E-state index in [1.807, 2.05) is 0 Å². The van der Waals surface area contributed by atoms with E-state index in [2.05, 4.69) is 5.32 Å². The Hall–Kier alpha value is -2.27. The Kier molecular flexibility index (Phi) is 5.11. The number of benzene rings is 2. The monoisotopic (exact) mass is 339 g/mol. The summed E-state index contributed by atoms with van der Waals surface area (Å²) in [5, 5.41) is 2.85. The van der Waals surface area contributed by atoms with Gasteiger partial charge in [0.2, 0.25) is 5.91 Å². The summed E-state index contributed by atoms with van der Waals surface area (Å²) >= 11 is 5.92. The Morgan fingerprint density at radius 2 is 1.74 bits per heavy atom. The number of nitrogens with one attached hydrogen (secondary N) is 1. The number of amides is 1. The molecule has 0 atom stereocenters. The van der Waals surface area contributed by atoms with Crippen LogP contribution in [0.4, 0.5) is 18.9 Å². The SMILES string of the molecule is Cc1c(Cl)cccc1NC(=O)/C=C(/c1ccccc1)C(F)(F)F. The fourth-order valence-electron chi connectivity index (χ4n) is 1.99. The number of hydrogen-bond donors (Lipinski definition) is 1. The van der Waals surface area contributed by atoms with Gasteiger partial charge in [-0.2, -0.15) is 13.2 Å². The number of halogens is 4. The van der Waals surface area contributed by atoms with Crippen molar-refractivity contribution in [1.29, 1.82) is 0 Å². The molecule has 0 bridgehead atoms. The number of rotatable bonds is 3. The highest BCUT2D eigenvalue weighted by atomic mass is 35.5. The van der Waals surface area contributed by atoms with Gasteiger partial charge in [-0.05, 0) is 30.2 Å². The summed E-state index contributed by atoms with van der Waals surface area (Å²) in [4.78, 5) is 12.0. The Morgan fingerprint density at radius 1 is 1.09 bits per heavy atom. The molecule has 0 aromatic heterocycles. The zero-order valence-corrected chi connectivity index (χ0v) is 12.9. The Labute approximate surface area is 136 Å².